The van der Waals surface area contributed by atoms with E-state index in [9.17, 15) is 5.26 Å². The van der Waals surface area contributed by atoms with E-state index in [0.29, 0.717) is 5.92 Å². The zero-order valence-corrected chi connectivity index (χ0v) is 24.0. The predicted octanol–water partition coefficient (Wildman–Crippen LogP) is 11.4. The van der Waals surface area contributed by atoms with E-state index >= 15 is 0 Å². The molecule has 0 spiro atoms. The molecule has 3 aliphatic carbocycles. The minimum atomic E-state index is 0.0390. The van der Waals surface area contributed by atoms with Crippen LogP contribution in [0.2, 0.25) is 0 Å². The van der Waals surface area contributed by atoms with E-state index in [1.807, 2.05) is 0 Å². The second kappa shape index (κ2) is 16.4. The Kier molecular flexibility index (Phi) is 13.6. The van der Waals surface area contributed by atoms with E-state index in [0.717, 1.165) is 23.7 Å². The van der Waals surface area contributed by atoms with Gasteiger partial charge in [0.15, 0.2) is 0 Å². The predicted molar refractivity (Wildman–Crippen MR) is 152 cm³/mol. The highest BCUT2D eigenvalue weighted by Crippen LogP contribution is 2.53. The Bertz CT molecular complexity index is 564. The van der Waals surface area contributed by atoms with Gasteiger partial charge in [-0.15, -0.1) is 0 Å². The van der Waals surface area contributed by atoms with Crippen molar-refractivity contribution in [1.82, 2.24) is 0 Å². The Morgan fingerprint density at radius 1 is 0.543 bits per heavy atom. The first kappa shape index (κ1) is 29.1. The highest BCUT2D eigenvalue weighted by atomic mass is 14.5. The Hall–Kier alpha value is -0.510. The Balaban J connectivity index is 1.31. The molecule has 0 unspecified atom stereocenters. The third-order valence-electron chi connectivity index (χ3n) is 11.0. The van der Waals surface area contributed by atoms with Gasteiger partial charge in [-0.1, -0.05) is 123 Å². The van der Waals surface area contributed by atoms with Crippen LogP contribution in [0.25, 0.3) is 0 Å². The van der Waals surface area contributed by atoms with Crippen molar-refractivity contribution in [2.45, 2.75) is 174 Å². The van der Waals surface area contributed by atoms with Gasteiger partial charge in [0, 0.05) is 0 Å². The number of hydrogen-bond donors (Lipinski definition) is 0. The zero-order valence-electron chi connectivity index (χ0n) is 24.0. The van der Waals surface area contributed by atoms with Crippen molar-refractivity contribution < 1.29 is 0 Å². The van der Waals surface area contributed by atoms with Gasteiger partial charge in [0.2, 0.25) is 0 Å². The molecule has 3 aliphatic rings. The molecule has 0 aromatic rings. The first-order valence-corrected chi connectivity index (χ1v) is 16.6. The lowest BCUT2D eigenvalue weighted by Crippen LogP contribution is -2.38. The van der Waals surface area contributed by atoms with E-state index in [-0.39, 0.29) is 5.41 Å². The van der Waals surface area contributed by atoms with E-state index in [2.05, 4.69) is 19.9 Å². The van der Waals surface area contributed by atoms with Gasteiger partial charge in [0.1, 0.15) is 0 Å². The van der Waals surface area contributed by atoms with Crippen LogP contribution in [0.5, 0.6) is 0 Å². The SMILES string of the molecule is CCCCCCCCC1CCC(C2(C#N)CCC(C3CCC(CCCCCCC)CC3)CC2)CC1. The maximum atomic E-state index is 10.3. The lowest BCUT2D eigenvalue weighted by atomic mass is 9.57. The molecule has 35 heavy (non-hydrogen) atoms. The molecule has 0 aromatic heterocycles. The highest BCUT2D eigenvalue weighted by Gasteiger charge is 2.44. The van der Waals surface area contributed by atoms with Crippen molar-refractivity contribution in [1.29, 1.82) is 5.26 Å². The monoisotopic (exact) mass is 483 g/mol. The van der Waals surface area contributed by atoms with Crippen LogP contribution in [0, 0.1) is 46.3 Å². The van der Waals surface area contributed by atoms with Crippen molar-refractivity contribution >= 4 is 0 Å². The maximum absolute atomic E-state index is 10.3. The Labute approximate surface area is 220 Å². The van der Waals surface area contributed by atoms with Crippen LogP contribution in [0.1, 0.15) is 174 Å². The summed E-state index contributed by atoms with van der Waals surface area (Å²) in [6, 6.07) is 2.94. The molecule has 0 aliphatic heterocycles. The molecule has 202 valence electrons. The molecule has 0 N–H and O–H groups in total. The van der Waals surface area contributed by atoms with E-state index in [4.69, 9.17) is 0 Å². The van der Waals surface area contributed by atoms with E-state index < -0.39 is 0 Å². The second-order valence-corrected chi connectivity index (χ2v) is 13.4. The normalized spacial score (nSPS) is 33.9. The van der Waals surface area contributed by atoms with E-state index in [1.165, 1.54) is 161 Å². The molecule has 3 saturated carbocycles. The smallest absolute Gasteiger partial charge is 0.0692 e. The largest absolute Gasteiger partial charge is 0.198 e. The summed E-state index contributed by atoms with van der Waals surface area (Å²) in [5.41, 5.74) is 0.0390. The fourth-order valence-electron chi connectivity index (χ4n) is 8.44. The van der Waals surface area contributed by atoms with Crippen LogP contribution < -0.4 is 0 Å². The quantitative estimate of drug-likeness (QED) is 0.212. The average molecular weight is 484 g/mol. The maximum Gasteiger partial charge on any atom is 0.0692 e. The van der Waals surface area contributed by atoms with Gasteiger partial charge in [0.25, 0.3) is 0 Å². The van der Waals surface area contributed by atoms with Gasteiger partial charge < -0.3 is 0 Å². The molecule has 0 radical (unpaired) electrons. The summed E-state index contributed by atoms with van der Waals surface area (Å²) in [5.74, 6) is 4.62. The van der Waals surface area contributed by atoms with Crippen molar-refractivity contribution in [3.63, 3.8) is 0 Å². The van der Waals surface area contributed by atoms with Gasteiger partial charge in [-0.05, 0) is 81.0 Å². The van der Waals surface area contributed by atoms with E-state index in [1.54, 1.807) is 0 Å². The molecule has 1 heteroatoms. The molecule has 0 atom stereocenters. The van der Waals surface area contributed by atoms with Crippen LogP contribution in [-0.2, 0) is 0 Å². The fourth-order valence-corrected chi connectivity index (χ4v) is 8.44. The first-order valence-electron chi connectivity index (χ1n) is 16.6. The standard InChI is InChI=1S/C34H61N/c1-3-5-7-9-11-13-15-30-18-22-33(23-19-30)34(28-35)26-24-32(25-27-34)31-20-16-29(17-21-31)14-12-10-8-6-4-2/h29-33H,3-27H2,1-2H3. The number of hydrogen-bond acceptors (Lipinski definition) is 1. The summed E-state index contributed by atoms with van der Waals surface area (Å²) in [5, 5.41) is 10.3. The summed E-state index contributed by atoms with van der Waals surface area (Å²) in [7, 11) is 0. The number of unbranched alkanes of at least 4 members (excludes halogenated alkanes) is 9. The molecule has 0 heterocycles. The molecule has 0 amide bonds. The highest BCUT2D eigenvalue weighted by molar-refractivity contribution is 5.06. The third-order valence-corrected chi connectivity index (χ3v) is 11.0. The minimum Gasteiger partial charge on any atom is -0.198 e. The van der Waals surface area contributed by atoms with Gasteiger partial charge in [-0.2, -0.15) is 5.26 Å². The molecule has 0 aromatic carbocycles. The Morgan fingerprint density at radius 2 is 0.971 bits per heavy atom. The summed E-state index contributed by atoms with van der Waals surface area (Å²) >= 11 is 0. The molecule has 3 rings (SSSR count). The molecular weight excluding hydrogens is 422 g/mol. The molecule has 0 bridgehead atoms. The van der Waals surface area contributed by atoms with Crippen LogP contribution >= 0.6 is 0 Å². The third kappa shape index (κ3) is 9.38. The van der Waals surface area contributed by atoms with Crippen molar-refractivity contribution in [3.05, 3.63) is 0 Å². The lowest BCUT2D eigenvalue weighted by molar-refractivity contribution is 0.0601. The molecule has 1 nitrogen and oxygen atoms in total. The van der Waals surface area contributed by atoms with Crippen molar-refractivity contribution in [2.75, 3.05) is 0 Å². The van der Waals surface area contributed by atoms with Gasteiger partial charge in [-0.3, -0.25) is 0 Å². The van der Waals surface area contributed by atoms with Crippen LogP contribution in [0.4, 0.5) is 0 Å². The summed E-state index contributed by atoms with van der Waals surface area (Å²) in [4.78, 5) is 0. The Morgan fingerprint density at radius 3 is 1.46 bits per heavy atom. The van der Waals surface area contributed by atoms with Crippen molar-refractivity contribution in [3.8, 4) is 6.07 Å². The average Bonchev–Trinajstić information content (AvgIpc) is 2.91. The summed E-state index contributed by atoms with van der Waals surface area (Å²) < 4.78 is 0. The van der Waals surface area contributed by atoms with Crippen molar-refractivity contribution in [2.24, 2.45) is 35.0 Å². The number of rotatable bonds is 15. The molecular formula is C34H61N. The van der Waals surface area contributed by atoms with Gasteiger partial charge in [0.05, 0.1) is 11.5 Å². The van der Waals surface area contributed by atoms with Gasteiger partial charge in [-0.25, -0.2) is 0 Å². The molecule has 3 fully saturated rings. The number of nitriles is 1. The topological polar surface area (TPSA) is 23.8 Å². The molecule has 0 saturated heterocycles. The zero-order chi connectivity index (χ0) is 24.8. The number of nitrogens with zero attached hydrogens (tertiary/aromatic N) is 1. The second-order valence-electron chi connectivity index (χ2n) is 13.4. The fraction of sp³-hybridized carbons (Fsp3) is 0.971. The first-order chi connectivity index (χ1) is 17.2. The summed E-state index contributed by atoms with van der Waals surface area (Å²) in [6.45, 7) is 4.62. The van der Waals surface area contributed by atoms with Crippen LogP contribution in [0.15, 0.2) is 0 Å². The summed E-state index contributed by atoms with van der Waals surface area (Å²) in [6.07, 6.45) is 35.4. The van der Waals surface area contributed by atoms with Crippen LogP contribution in [-0.4, -0.2) is 0 Å². The van der Waals surface area contributed by atoms with Gasteiger partial charge >= 0.3 is 0 Å². The lowest BCUT2D eigenvalue weighted by Gasteiger charge is -2.46. The van der Waals surface area contributed by atoms with Crippen LogP contribution in [0.3, 0.4) is 0 Å². The minimum absolute atomic E-state index is 0.0390.